The zero-order valence-electron chi connectivity index (χ0n) is 27.6. The molecular weight excluding hydrogens is 593 g/mol. The molecule has 0 aliphatic heterocycles. The monoisotopic (exact) mass is 626 g/mol. The number of nitrogens with zero attached hydrogens (tertiary/aromatic N) is 2. The van der Waals surface area contributed by atoms with E-state index in [0.717, 1.165) is 39.3 Å². The van der Waals surface area contributed by atoms with E-state index in [-0.39, 0.29) is 5.41 Å². The molecule has 0 atom stereocenters. The van der Waals surface area contributed by atoms with E-state index in [9.17, 15) is 0 Å². The molecule has 1 aromatic heterocycles. The molecule has 2 heteroatoms. The first kappa shape index (κ1) is 29.1. The van der Waals surface area contributed by atoms with Crippen molar-refractivity contribution in [2.24, 2.45) is 0 Å². The van der Waals surface area contributed by atoms with Gasteiger partial charge in [-0.3, -0.25) is 0 Å². The van der Waals surface area contributed by atoms with E-state index in [0.29, 0.717) is 0 Å². The average molecular weight is 627 g/mol. The zero-order valence-corrected chi connectivity index (χ0v) is 27.6. The third kappa shape index (κ3) is 4.79. The second kappa shape index (κ2) is 11.5. The summed E-state index contributed by atoms with van der Waals surface area (Å²) in [6.45, 7) is 4.72. The molecule has 8 aromatic rings. The molecule has 2 nitrogen and oxygen atoms in total. The molecule has 0 radical (unpaired) electrons. The molecule has 1 heterocycles. The highest BCUT2D eigenvalue weighted by Gasteiger charge is 2.37. The fraction of sp³-hybridized carbons (Fsp3) is 0.0638. The van der Waals surface area contributed by atoms with Crippen LogP contribution in [-0.4, -0.2) is 9.97 Å². The van der Waals surface area contributed by atoms with Gasteiger partial charge in [0.25, 0.3) is 0 Å². The predicted molar refractivity (Wildman–Crippen MR) is 204 cm³/mol. The van der Waals surface area contributed by atoms with Crippen LogP contribution in [0.5, 0.6) is 0 Å². The van der Waals surface area contributed by atoms with Crippen molar-refractivity contribution in [2.75, 3.05) is 0 Å². The van der Waals surface area contributed by atoms with Crippen molar-refractivity contribution in [2.45, 2.75) is 19.3 Å². The summed E-state index contributed by atoms with van der Waals surface area (Å²) in [7, 11) is 0. The minimum Gasteiger partial charge on any atom is -0.228 e. The van der Waals surface area contributed by atoms with Gasteiger partial charge in [-0.15, -0.1) is 0 Å². The zero-order chi connectivity index (χ0) is 33.0. The van der Waals surface area contributed by atoms with Gasteiger partial charge in [0.2, 0.25) is 0 Å². The van der Waals surface area contributed by atoms with Crippen LogP contribution in [0.3, 0.4) is 0 Å². The van der Waals surface area contributed by atoms with E-state index in [1.165, 1.54) is 49.9 Å². The van der Waals surface area contributed by atoms with Crippen LogP contribution >= 0.6 is 0 Å². The molecule has 1 aliphatic carbocycles. The lowest BCUT2D eigenvalue weighted by atomic mass is 9.77. The molecule has 1 aliphatic rings. The highest BCUT2D eigenvalue weighted by atomic mass is 14.9. The molecule has 7 aromatic carbocycles. The van der Waals surface area contributed by atoms with Crippen LogP contribution in [0.1, 0.15) is 25.0 Å². The van der Waals surface area contributed by atoms with Gasteiger partial charge in [0.05, 0.1) is 11.4 Å². The molecule has 0 bridgehead atoms. The summed E-state index contributed by atoms with van der Waals surface area (Å²) in [5, 5.41) is 2.31. The lowest BCUT2D eigenvalue weighted by Gasteiger charge is -2.25. The van der Waals surface area contributed by atoms with Crippen LogP contribution < -0.4 is 0 Å². The Morgan fingerprint density at radius 3 is 1.45 bits per heavy atom. The molecular formula is C47H34N2. The maximum Gasteiger partial charge on any atom is 0.161 e. The van der Waals surface area contributed by atoms with Gasteiger partial charge in [0.1, 0.15) is 0 Å². The second-order valence-corrected chi connectivity index (χ2v) is 13.3. The van der Waals surface area contributed by atoms with Gasteiger partial charge in [0, 0.05) is 22.1 Å². The van der Waals surface area contributed by atoms with Crippen LogP contribution in [0, 0.1) is 0 Å². The minimum absolute atomic E-state index is 0.112. The van der Waals surface area contributed by atoms with Crippen LogP contribution in [0.4, 0.5) is 0 Å². The number of rotatable bonds is 5. The van der Waals surface area contributed by atoms with Crippen LogP contribution in [0.25, 0.3) is 78.1 Å². The Balaban J connectivity index is 1.24. The number of hydrogen-bond acceptors (Lipinski definition) is 2. The van der Waals surface area contributed by atoms with Crippen molar-refractivity contribution >= 4 is 10.8 Å². The van der Waals surface area contributed by atoms with Gasteiger partial charge < -0.3 is 0 Å². The Hall–Kier alpha value is -6.12. The number of benzene rings is 7. The summed E-state index contributed by atoms with van der Waals surface area (Å²) in [5.41, 5.74) is 15.2. The van der Waals surface area contributed by atoms with Gasteiger partial charge in [0.15, 0.2) is 5.82 Å². The summed E-state index contributed by atoms with van der Waals surface area (Å²) in [4.78, 5) is 10.4. The van der Waals surface area contributed by atoms with Crippen LogP contribution in [0.15, 0.2) is 170 Å². The van der Waals surface area contributed by atoms with Gasteiger partial charge in [-0.05, 0) is 67.4 Å². The van der Waals surface area contributed by atoms with E-state index in [1.807, 2.05) is 12.1 Å². The van der Waals surface area contributed by atoms with Crippen molar-refractivity contribution in [1.82, 2.24) is 9.97 Å². The molecule has 49 heavy (non-hydrogen) atoms. The Kier molecular flexibility index (Phi) is 6.84. The Labute approximate surface area is 287 Å². The fourth-order valence-corrected chi connectivity index (χ4v) is 7.84. The van der Waals surface area contributed by atoms with E-state index in [4.69, 9.17) is 9.97 Å². The first-order valence-electron chi connectivity index (χ1n) is 16.9. The van der Waals surface area contributed by atoms with E-state index < -0.39 is 0 Å². The highest BCUT2D eigenvalue weighted by molar-refractivity contribution is 6.07. The minimum atomic E-state index is -0.112. The van der Waals surface area contributed by atoms with Crippen molar-refractivity contribution in [3.8, 4) is 67.3 Å². The van der Waals surface area contributed by atoms with Gasteiger partial charge in [-0.1, -0.05) is 172 Å². The quantitative estimate of drug-likeness (QED) is 0.190. The lowest BCUT2D eigenvalue weighted by molar-refractivity contribution is 0.662. The van der Waals surface area contributed by atoms with E-state index in [1.54, 1.807) is 0 Å². The predicted octanol–water partition coefficient (Wildman–Crippen LogP) is 12.3. The molecule has 0 unspecified atom stereocenters. The van der Waals surface area contributed by atoms with Crippen molar-refractivity contribution < 1.29 is 0 Å². The standard InChI is InChI=1S/C47H34N2/c1-47(2)42-27-14-13-24-38(42)40-26-15-25-39(45(40)47)35-22-11-9-20-33(35)37-28-29-41(36-23-12-10-21-34(36)37)46-48-43(31-16-5-3-6-17-31)30-44(49-46)32-18-7-4-8-19-32/h3-30H,1-2H3. The van der Waals surface area contributed by atoms with Crippen LogP contribution in [0.2, 0.25) is 0 Å². The maximum atomic E-state index is 5.18. The molecule has 9 rings (SSSR count). The van der Waals surface area contributed by atoms with Crippen LogP contribution in [-0.2, 0) is 5.41 Å². The van der Waals surface area contributed by atoms with Crippen molar-refractivity contribution in [3.05, 3.63) is 181 Å². The molecule has 0 saturated carbocycles. The molecule has 0 spiro atoms. The van der Waals surface area contributed by atoms with Crippen molar-refractivity contribution in [3.63, 3.8) is 0 Å². The largest absolute Gasteiger partial charge is 0.228 e. The molecule has 232 valence electrons. The number of aromatic nitrogens is 2. The number of hydrogen-bond donors (Lipinski definition) is 0. The molecule has 0 N–H and O–H groups in total. The van der Waals surface area contributed by atoms with E-state index in [2.05, 4.69) is 172 Å². The molecule has 0 amide bonds. The molecule has 0 fully saturated rings. The summed E-state index contributed by atoms with van der Waals surface area (Å²) in [6, 6.07) is 60.6. The Bertz CT molecular complexity index is 2450. The first-order valence-corrected chi connectivity index (χ1v) is 16.9. The first-order chi connectivity index (χ1) is 24.1. The Morgan fingerprint density at radius 1 is 0.367 bits per heavy atom. The topological polar surface area (TPSA) is 25.8 Å². The third-order valence-corrected chi connectivity index (χ3v) is 10.1. The lowest BCUT2D eigenvalue weighted by Crippen LogP contribution is -2.16. The average Bonchev–Trinajstić information content (AvgIpc) is 3.41. The summed E-state index contributed by atoms with van der Waals surface area (Å²) in [5.74, 6) is 0.719. The summed E-state index contributed by atoms with van der Waals surface area (Å²) in [6.07, 6.45) is 0. The SMILES string of the molecule is CC1(C)c2ccccc2-c2cccc(-c3ccccc3-c3ccc(-c4nc(-c5ccccc5)cc(-c5ccccc5)n4)c4ccccc34)c21. The maximum absolute atomic E-state index is 5.18. The number of fused-ring (bicyclic) bond motifs is 4. The van der Waals surface area contributed by atoms with Gasteiger partial charge in [-0.2, -0.15) is 0 Å². The van der Waals surface area contributed by atoms with Crippen molar-refractivity contribution in [1.29, 1.82) is 0 Å². The summed E-state index contributed by atoms with van der Waals surface area (Å²) < 4.78 is 0. The smallest absolute Gasteiger partial charge is 0.161 e. The Morgan fingerprint density at radius 2 is 0.816 bits per heavy atom. The molecule has 0 saturated heterocycles. The van der Waals surface area contributed by atoms with Gasteiger partial charge >= 0.3 is 0 Å². The summed E-state index contributed by atoms with van der Waals surface area (Å²) >= 11 is 0. The van der Waals surface area contributed by atoms with Gasteiger partial charge in [-0.25, -0.2) is 9.97 Å². The normalized spacial score (nSPS) is 12.9. The fourth-order valence-electron chi connectivity index (χ4n) is 7.84. The van der Waals surface area contributed by atoms with E-state index >= 15 is 0 Å². The highest BCUT2D eigenvalue weighted by Crippen LogP contribution is 2.53. The third-order valence-electron chi connectivity index (χ3n) is 10.1. The second-order valence-electron chi connectivity index (χ2n) is 13.3.